The summed E-state index contributed by atoms with van der Waals surface area (Å²) in [7, 11) is 0. The Labute approximate surface area is 365 Å². The molecule has 10 aromatic rings. The molecule has 0 aliphatic heterocycles. The van der Waals surface area contributed by atoms with Crippen LogP contribution >= 0.6 is 0 Å². The fourth-order valence-electron chi connectivity index (χ4n) is 9.78. The third-order valence-corrected chi connectivity index (χ3v) is 13.2. The number of benzene rings is 9. The first-order valence-electron chi connectivity index (χ1n) is 21.7. The lowest BCUT2D eigenvalue weighted by Crippen LogP contribution is -2.15. The molecule has 0 amide bonds. The maximum Gasteiger partial charge on any atom is 0.0541 e. The highest BCUT2D eigenvalue weighted by Gasteiger charge is 2.35. The molecule has 62 heavy (non-hydrogen) atoms. The van der Waals surface area contributed by atoms with Crippen molar-refractivity contribution in [1.29, 1.82) is 0 Å². The summed E-state index contributed by atoms with van der Waals surface area (Å²) < 4.78 is 2.41. The van der Waals surface area contributed by atoms with Gasteiger partial charge >= 0.3 is 0 Å². The van der Waals surface area contributed by atoms with Gasteiger partial charge in [-0.05, 0) is 149 Å². The Hall–Kier alpha value is -7.42. The van der Waals surface area contributed by atoms with E-state index in [1.807, 2.05) is 0 Å². The summed E-state index contributed by atoms with van der Waals surface area (Å²) in [6, 6.07) is 74.3. The van der Waals surface area contributed by atoms with Crippen molar-refractivity contribution in [2.24, 2.45) is 0 Å². The molecular formula is C60H48N2. The van der Waals surface area contributed by atoms with E-state index in [4.69, 9.17) is 0 Å². The highest BCUT2D eigenvalue weighted by atomic mass is 15.1. The molecule has 0 spiro atoms. The number of para-hydroxylation sites is 1. The highest BCUT2D eigenvalue weighted by molar-refractivity contribution is 6.10. The van der Waals surface area contributed by atoms with Crippen LogP contribution < -0.4 is 4.90 Å². The molecule has 0 atom stereocenters. The van der Waals surface area contributed by atoms with Gasteiger partial charge in [0.25, 0.3) is 0 Å². The van der Waals surface area contributed by atoms with E-state index in [0.717, 1.165) is 22.7 Å². The first-order chi connectivity index (χ1) is 30.2. The molecular weight excluding hydrogens is 749 g/mol. The summed E-state index contributed by atoms with van der Waals surface area (Å²) in [6.07, 6.45) is 0. The van der Waals surface area contributed by atoms with Crippen LogP contribution in [0.4, 0.5) is 17.1 Å². The molecule has 2 heteroatoms. The lowest BCUT2D eigenvalue weighted by molar-refractivity contribution is 0.660. The average Bonchev–Trinajstić information content (AvgIpc) is 3.75. The van der Waals surface area contributed by atoms with Crippen LogP contribution in [-0.2, 0) is 5.41 Å². The molecule has 1 aromatic heterocycles. The molecule has 11 rings (SSSR count). The zero-order valence-corrected chi connectivity index (χ0v) is 35.9. The predicted octanol–water partition coefficient (Wildman–Crippen LogP) is 16.5. The topological polar surface area (TPSA) is 8.17 Å². The minimum atomic E-state index is -0.0412. The van der Waals surface area contributed by atoms with Crippen LogP contribution in [-0.4, -0.2) is 4.57 Å². The van der Waals surface area contributed by atoms with Crippen LogP contribution in [0.1, 0.15) is 41.7 Å². The van der Waals surface area contributed by atoms with Gasteiger partial charge in [0.2, 0.25) is 0 Å². The van der Waals surface area contributed by atoms with Gasteiger partial charge in [-0.15, -0.1) is 0 Å². The van der Waals surface area contributed by atoms with Gasteiger partial charge in [-0.2, -0.15) is 0 Å². The molecule has 0 fully saturated rings. The van der Waals surface area contributed by atoms with E-state index in [-0.39, 0.29) is 5.41 Å². The largest absolute Gasteiger partial charge is 0.311 e. The molecule has 9 aromatic carbocycles. The molecule has 0 saturated heterocycles. The number of anilines is 3. The molecule has 298 valence electrons. The molecule has 1 aliphatic carbocycles. The van der Waals surface area contributed by atoms with Crippen molar-refractivity contribution in [3.05, 3.63) is 228 Å². The fraction of sp³-hybridized carbons (Fsp3) is 0.100. The van der Waals surface area contributed by atoms with Gasteiger partial charge in [0.15, 0.2) is 0 Å². The summed E-state index contributed by atoms with van der Waals surface area (Å²) >= 11 is 0. The van der Waals surface area contributed by atoms with E-state index in [0.29, 0.717) is 0 Å². The Kier molecular flexibility index (Phi) is 8.87. The second-order valence-electron chi connectivity index (χ2n) is 17.7. The molecule has 1 aliphatic rings. The van der Waals surface area contributed by atoms with Gasteiger partial charge < -0.3 is 9.47 Å². The molecule has 0 unspecified atom stereocenters. The Morgan fingerprint density at radius 2 is 0.823 bits per heavy atom. The van der Waals surface area contributed by atoms with E-state index in [1.165, 1.54) is 94.1 Å². The van der Waals surface area contributed by atoms with Crippen LogP contribution in [0, 0.1) is 20.8 Å². The third kappa shape index (κ3) is 6.34. The second-order valence-corrected chi connectivity index (χ2v) is 17.7. The minimum absolute atomic E-state index is 0.0412. The Balaban J connectivity index is 0.928. The maximum absolute atomic E-state index is 2.41. The first-order valence-corrected chi connectivity index (χ1v) is 21.7. The van der Waals surface area contributed by atoms with Gasteiger partial charge in [0.1, 0.15) is 0 Å². The monoisotopic (exact) mass is 796 g/mol. The van der Waals surface area contributed by atoms with Crippen molar-refractivity contribution in [2.45, 2.75) is 40.0 Å². The lowest BCUT2D eigenvalue weighted by Gasteiger charge is -2.26. The van der Waals surface area contributed by atoms with Gasteiger partial charge in [0, 0.05) is 38.9 Å². The van der Waals surface area contributed by atoms with E-state index in [2.05, 4.69) is 244 Å². The van der Waals surface area contributed by atoms with Gasteiger partial charge in [-0.3, -0.25) is 0 Å². The summed E-state index contributed by atoms with van der Waals surface area (Å²) in [4.78, 5) is 2.36. The number of aromatic nitrogens is 1. The van der Waals surface area contributed by atoms with Gasteiger partial charge in [-0.1, -0.05) is 158 Å². The lowest BCUT2D eigenvalue weighted by atomic mass is 9.81. The van der Waals surface area contributed by atoms with Crippen LogP contribution in [0.2, 0.25) is 0 Å². The molecule has 1 heterocycles. The number of hydrogen-bond acceptors (Lipinski definition) is 1. The van der Waals surface area contributed by atoms with Crippen LogP contribution in [0.25, 0.3) is 72.0 Å². The van der Waals surface area contributed by atoms with Crippen molar-refractivity contribution in [3.63, 3.8) is 0 Å². The van der Waals surface area contributed by atoms with E-state index >= 15 is 0 Å². The van der Waals surface area contributed by atoms with E-state index in [1.54, 1.807) is 0 Å². The first kappa shape index (κ1) is 37.6. The zero-order chi connectivity index (χ0) is 42.1. The van der Waals surface area contributed by atoms with Crippen LogP contribution in [0.15, 0.2) is 200 Å². The number of nitrogens with zero attached hydrogens (tertiary/aromatic N) is 2. The number of fused-ring (bicyclic) bond motifs is 6. The number of rotatable bonds is 7. The van der Waals surface area contributed by atoms with Gasteiger partial charge in [-0.25, -0.2) is 0 Å². The van der Waals surface area contributed by atoms with E-state index < -0.39 is 0 Å². The van der Waals surface area contributed by atoms with Gasteiger partial charge in [0.05, 0.1) is 11.0 Å². The van der Waals surface area contributed by atoms with Crippen molar-refractivity contribution >= 4 is 38.9 Å². The summed E-state index contributed by atoms with van der Waals surface area (Å²) in [6.45, 7) is 11.2. The fourth-order valence-corrected chi connectivity index (χ4v) is 9.78. The molecule has 0 bridgehead atoms. The maximum atomic E-state index is 2.41. The van der Waals surface area contributed by atoms with Crippen molar-refractivity contribution in [1.82, 2.24) is 4.57 Å². The Bertz CT molecular complexity index is 3310. The summed E-state index contributed by atoms with van der Waals surface area (Å²) in [5, 5.41) is 2.50. The average molecular weight is 797 g/mol. The zero-order valence-electron chi connectivity index (χ0n) is 35.9. The minimum Gasteiger partial charge on any atom is -0.311 e. The molecule has 0 N–H and O–H groups in total. The number of aryl methyl sites for hydroxylation is 3. The Morgan fingerprint density at radius 3 is 1.48 bits per heavy atom. The van der Waals surface area contributed by atoms with Crippen LogP contribution in [0.3, 0.4) is 0 Å². The molecule has 0 radical (unpaired) electrons. The smallest absolute Gasteiger partial charge is 0.0541 e. The quantitative estimate of drug-likeness (QED) is 0.156. The Morgan fingerprint density at radius 1 is 0.355 bits per heavy atom. The predicted molar refractivity (Wildman–Crippen MR) is 264 cm³/mol. The third-order valence-electron chi connectivity index (χ3n) is 13.2. The van der Waals surface area contributed by atoms with Crippen molar-refractivity contribution in [3.8, 4) is 50.2 Å². The molecule has 0 saturated carbocycles. The summed E-state index contributed by atoms with van der Waals surface area (Å²) in [5.74, 6) is 0. The van der Waals surface area contributed by atoms with Crippen molar-refractivity contribution < 1.29 is 0 Å². The van der Waals surface area contributed by atoms with Crippen LogP contribution in [0.5, 0.6) is 0 Å². The standard InChI is InChI=1S/C60H48N2/c1-39-13-18-42(19-14-39)45-9-8-10-51(36-45)62-58-12-7-6-11-54(58)55-37-46(25-34-59(55)62)43-20-28-49(29-21-43)61(48-26-15-40(2)16-27-48)50-30-22-44(23-31-50)47-24-33-53-52-32-17-41(3)35-56(52)60(4,5)57(53)38-47/h6-38H,1-5H3. The van der Waals surface area contributed by atoms with E-state index in [9.17, 15) is 0 Å². The second kappa shape index (κ2) is 14.6. The van der Waals surface area contributed by atoms with Crippen molar-refractivity contribution in [2.75, 3.05) is 4.90 Å². The number of hydrogen-bond donors (Lipinski definition) is 0. The normalized spacial score (nSPS) is 12.7. The summed E-state index contributed by atoms with van der Waals surface area (Å²) in [5.41, 5.74) is 23.5. The highest BCUT2D eigenvalue weighted by Crippen LogP contribution is 2.50. The SMILES string of the molecule is Cc1ccc(-c2cccc(-n3c4ccccc4c4cc(-c5ccc(N(c6ccc(C)cc6)c6ccc(-c7ccc8c(c7)C(C)(C)c7cc(C)ccc7-8)cc6)cc5)ccc43)c2)cc1. The molecule has 2 nitrogen and oxygen atoms in total.